The Morgan fingerprint density at radius 1 is 0.943 bits per heavy atom. The van der Waals surface area contributed by atoms with E-state index >= 15 is 0 Å². The Labute approximate surface area is 211 Å². The SMILES string of the molecule is CCN(CC)C(=O)c1cccc(NC(=O)CSc2nnc(-c3ccc(N(CC)CC)cc3)n2C)c1. The Morgan fingerprint density at radius 3 is 2.26 bits per heavy atom. The van der Waals surface area contributed by atoms with E-state index in [1.165, 1.54) is 17.4 Å². The van der Waals surface area contributed by atoms with Crippen LogP contribution in [-0.4, -0.2) is 63.4 Å². The predicted molar refractivity (Wildman–Crippen MR) is 143 cm³/mol. The smallest absolute Gasteiger partial charge is 0.253 e. The third-order valence-corrected chi connectivity index (χ3v) is 6.89. The van der Waals surface area contributed by atoms with Gasteiger partial charge in [0.1, 0.15) is 0 Å². The number of carbonyl (C=O) groups excluding carboxylic acids is 2. The van der Waals surface area contributed by atoms with Crippen LogP contribution in [0.15, 0.2) is 53.7 Å². The first kappa shape index (κ1) is 26.3. The van der Waals surface area contributed by atoms with E-state index in [9.17, 15) is 9.59 Å². The zero-order valence-electron chi connectivity index (χ0n) is 21.1. The van der Waals surface area contributed by atoms with Gasteiger partial charge in [-0.1, -0.05) is 17.8 Å². The van der Waals surface area contributed by atoms with Crippen molar-refractivity contribution < 1.29 is 9.59 Å². The Balaban J connectivity index is 1.62. The molecule has 0 saturated heterocycles. The van der Waals surface area contributed by atoms with Gasteiger partial charge in [0.15, 0.2) is 11.0 Å². The number of anilines is 2. The predicted octanol–water partition coefficient (Wildman–Crippen LogP) is 4.54. The highest BCUT2D eigenvalue weighted by molar-refractivity contribution is 7.99. The van der Waals surface area contributed by atoms with Crippen molar-refractivity contribution >= 4 is 35.0 Å². The number of aromatic nitrogens is 3. The minimum atomic E-state index is -0.171. The summed E-state index contributed by atoms with van der Waals surface area (Å²) in [5.41, 5.74) is 3.31. The lowest BCUT2D eigenvalue weighted by molar-refractivity contribution is -0.113. The summed E-state index contributed by atoms with van der Waals surface area (Å²) >= 11 is 1.32. The third kappa shape index (κ3) is 6.42. The number of thioether (sulfide) groups is 1. The standard InChI is InChI=1S/C26H34N6O2S/c1-6-31(7-2)22-15-13-19(14-16-22)24-28-29-26(30(24)5)35-18-23(33)27-21-12-10-11-20(17-21)25(34)32(8-3)9-4/h10-17H,6-9,18H2,1-5H3,(H,27,33). The molecule has 0 aliphatic heterocycles. The minimum Gasteiger partial charge on any atom is -0.372 e. The average molecular weight is 495 g/mol. The fraction of sp³-hybridized carbons (Fsp3) is 0.385. The summed E-state index contributed by atoms with van der Waals surface area (Å²) in [6.07, 6.45) is 0. The lowest BCUT2D eigenvalue weighted by Gasteiger charge is -2.21. The molecule has 9 heteroatoms. The molecule has 0 bridgehead atoms. The molecule has 0 spiro atoms. The molecule has 0 fully saturated rings. The van der Waals surface area contributed by atoms with Gasteiger partial charge in [-0.15, -0.1) is 10.2 Å². The number of benzene rings is 2. The van der Waals surface area contributed by atoms with Crippen molar-refractivity contribution in [2.45, 2.75) is 32.9 Å². The second kappa shape index (κ2) is 12.4. The van der Waals surface area contributed by atoms with Crippen LogP contribution < -0.4 is 10.2 Å². The molecule has 0 aliphatic rings. The molecule has 3 rings (SSSR count). The summed E-state index contributed by atoms with van der Waals surface area (Å²) in [6, 6.07) is 15.3. The van der Waals surface area contributed by atoms with Gasteiger partial charge in [-0.2, -0.15) is 0 Å². The van der Waals surface area contributed by atoms with E-state index in [1.54, 1.807) is 29.2 Å². The number of nitrogens with one attached hydrogen (secondary N) is 1. The van der Waals surface area contributed by atoms with E-state index in [1.807, 2.05) is 37.6 Å². The first-order valence-corrected chi connectivity index (χ1v) is 13.0. The molecule has 0 radical (unpaired) electrons. The van der Waals surface area contributed by atoms with E-state index in [-0.39, 0.29) is 17.6 Å². The largest absolute Gasteiger partial charge is 0.372 e. The number of hydrogen-bond acceptors (Lipinski definition) is 6. The van der Waals surface area contributed by atoms with Crippen LogP contribution in [-0.2, 0) is 11.8 Å². The molecule has 1 heterocycles. The van der Waals surface area contributed by atoms with Crippen molar-refractivity contribution in [2.24, 2.45) is 7.05 Å². The Hall–Kier alpha value is -3.33. The van der Waals surface area contributed by atoms with Gasteiger partial charge >= 0.3 is 0 Å². The maximum absolute atomic E-state index is 12.6. The van der Waals surface area contributed by atoms with Crippen molar-refractivity contribution in [1.82, 2.24) is 19.7 Å². The molecule has 2 amide bonds. The van der Waals surface area contributed by atoms with Crippen molar-refractivity contribution in [1.29, 1.82) is 0 Å². The number of nitrogens with zero attached hydrogens (tertiary/aromatic N) is 5. The van der Waals surface area contributed by atoms with Crippen LogP contribution in [0.1, 0.15) is 38.1 Å². The topological polar surface area (TPSA) is 83.4 Å². The van der Waals surface area contributed by atoms with Gasteiger partial charge in [-0.3, -0.25) is 9.59 Å². The van der Waals surface area contributed by atoms with Gasteiger partial charge in [-0.05, 0) is 70.2 Å². The summed E-state index contributed by atoms with van der Waals surface area (Å²) in [6.45, 7) is 11.4. The quantitative estimate of drug-likeness (QED) is 0.394. The first-order valence-electron chi connectivity index (χ1n) is 12.0. The summed E-state index contributed by atoms with van der Waals surface area (Å²) in [7, 11) is 1.90. The molecule has 35 heavy (non-hydrogen) atoms. The molecule has 3 aromatic rings. The molecule has 8 nitrogen and oxygen atoms in total. The molecule has 0 saturated carbocycles. The zero-order valence-corrected chi connectivity index (χ0v) is 21.9. The monoisotopic (exact) mass is 494 g/mol. The van der Waals surface area contributed by atoms with Crippen LogP contribution >= 0.6 is 11.8 Å². The minimum absolute atomic E-state index is 0.0442. The summed E-state index contributed by atoms with van der Waals surface area (Å²) in [4.78, 5) is 29.2. The van der Waals surface area contributed by atoms with Crippen molar-refractivity contribution in [3.8, 4) is 11.4 Å². The molecule has 1 aromatic heterocycles. The van der Waals surface area contributed by atoms with E-state index in [0.717, 1.165) is 24.5 Å². The average Bonchev–Trinajstić information content (AvgIpc) is 3.25. The van der Waals surface area contributed by atoms with Crippen LogP contribution in [0.3, 0.4) is 0 Å². The summed E-state index contributed by atoms with van der Waals surface area (Å²) in [5, 5.41) is 12.1. The Morgan fingerprint density at radius 2 is 1.63 bits per heavy atom. The van der Waals surface area contributed by atoms with Crippen molar-refractivity contribution in [2.75, 3.05) is 42.1 Å². The first-order chi connectivity index (χ1) is 16.9. The lowest BCUT2D eigenvalue weighted by atomic mass is 10.1. The maximum Gasteiger partial charge on any atom is 0.253 e. The van der Waals surface area contributed by atoms with E-state index in [2.05, 4.69) is 46.4 Å². The fourth-order valence-electron chi connectivity index (χ4n) is 3.85. The number of amides is 2. The molecule has 0 unspecified atom stereocenters. The highest BCUT2D eigenvalue weighted by Crippen LogP contribution is 2.25. The third-order valence-electron chi connectivity index (χ3n) is 5.87. The van der Waals surface area contributed by atoms with Gasteiger partial charge < -0.3 is 19.7 Å². The molecular weight excluding hydrogens is 460 g/mol. The van der Waals surface area contributed by atoms with Crippen molar-refractivity contribution in [3.63, 3.8) is 0 Å². The molecule has 186 valence electrons. The number of rotatable bonds is 11. The van der Waals surface area contributed by atoms with E-state index in [0.29, 0.717) is 29.5 Å². The summed E-state index contributed by atoms with van der Waals surface area (Å²) < 4.78 is 1.90. The fourth-order valence-corrected chi connectivity index (χ4v) is 4.56. The van der Waals surface area contributed by atoms with Crippen LogP contribution in [0.5, 0.6) is 0 Å². The van der Waals surface area contributed by atoms with Crippen LogP contribution in [0.4, 0.5) is 11.4 Å². The molecule has 2 aromatic carbocycles. The lowest BCUT2D eigenvalue weighted by Crippen LogP contribution is -2.30. The van der Waals surface area contributed by atoms with Gasteiger partial charge in [0.25, 0.3) is 5.91 Å². The van der Waals surface area contributed by atoms with Gasteiger partial charge in [0, 0.05) is 55.7 Å². The van der Waals surface area contributed by atoms with E-state index < -0.39 is 0 Å². The van der Waals surface area contributed by atoms with Gasteiger partial charge in [0.2, 0.25) is 5.91 Å². The normalized spacial score (nSPS) is 10.8. The molecule has 0 atom stereocenters. The Kier molecular flexibility index (Phi) is 9.31. The highest BCUT2D eigenvalue weighted by Gasteiger charge is 2.15. The van der Waals surface area contributed by atoms with Crippen LogP contribution in [0.25, 0.3) is 11.4 Å². The van der Waals surface area contributed by atoms with Gasteiger partial charge in [-0.25, -0.2) is 0 Å². The number of carbonyl (C=O) groups is 2. The van der Waals surface area contributed by atoms with Crippen molar-refractivity contribution in [3.05, 3.63) is 54.1 Å². The maximum atomic E-state index is 12.6. The highest BCUT2D eigenvalue weighted by atomic mass is 32.2. The second-order valence-corrected chi connectivity index (χ2v) is 8.92. The van der Waals surface area contributed by atoms with Gasteiger partial charge in [0.05, 0.1) is 5.75 Å². The molecular formula is C26H34N6O2S. The van der Waals surface area contributed by atoms with Crippen LogP contribution in [0, 0.1) is 0 Å². The van der Waals surface area contributed by atoms with E-state index in [4.69, 9.17) is 0 Å². The molecule has 1 N–H and O–H groups in total. The summed E-state index contributed by atoms with van der Waals surface area (Å²) in [5.74, 6) is 0.718. The van der Waals surface area contributed by atoms with Crippen LogP contribution in [0.2, 0.25) is 0 Å². The molecule has 0 aliphatic carbocycles. The second-order valence-electron chi connectivity index (χ2n) is 7.98. The Bertz CT molecular complexity index is 1140. The zero-order chi connectivity index (χ0) is 25.4. The number of hydrogen-bond donors (Lipinski definition) is 1.